The van der Waals surface area contributed by atoms with Gasteiger partial charge >= 0.3 is 6.03 Å². The molecule has 0 atom stereocenters. The van der Waals surface area contributed by atoms with E-state index in [4.69, 9.17) is 0 Å². The number of rotatable bonds is 5. The highest BCUT2D eigenvalue weighted by Crippen LogP contribution is 2.20. The van der Waals surface area contributed by atoms with Crippen molar-refractivity contribution in [3.63, 3.8) is 0 Å². The van der Waals surface area contributed by atoms with Crippen LogP contribution in [0.4, 0.5) is 16.2 Å². The summed E-state index contributed by atoms with van der Waals surface area (Å²) in [6.45, 7) is 5.37. The van der Waals surface area contributed by atoms with Crippen molar-refractivity contribution in [3.05, 3.63) is 48.3 Å². The second-order valence-electron chi connectivity index (χ2n) is 5.13. The molecule has 3 rings (SSSR count). The third-order valence-electron chi connectivity index (χ3n) is 3.71. The average Bonchev–Trinajstić information content (AvgIpc) is 3.14. The number of nitrogens with one attached hydrogen (secondary N) is 2. The van der Waals surface area contributed by atoms with E-state index in [1.165, 1.54) is 5.56 Å². The number of carbonyl (C=O) groups is 1. The van der Waals surface area contributed by atoms with Crippen molar-refractivity contribution in [2.45, 2.75) is 20.0 Å². The molecular weight excluding hydrogens is 264 g/mol. The number of hydrogen-bond donors (Lipinski definition) is 2. The van der Waals surface area contributed by atoms with Gasteiger partial charge in [0, 0.05) is 49.9 Å². The Balaban J connectivity index is 1.60. The van der Waals surface area contributed by atoms with Gasteiger partial charge in [-0.2, -0.15) is 0 Å². The number of carbonyl (C=O) groups excluding carboxylic acids is 1. The fraction of sp³-hybridized carbons (Fsp3) is 0.312. The third-order valence-corrected chi connectivity index (χ3v) is 3.71. The van der Waals surface area contributed by atoms with Crippen LogP contribution in [0.1, 0.15) is 12.5 Å². The van der Waals surface area contributed by atoms with E-state index < -0.39 is 0 Å². The molecule has 0 unspecified atom stereocenters. The van der Waals surface area contributed by atoms with Crippen molar-refractivity contribution in [1.29, 1.82) is 0 Å². The molecule has 0 aliphatic carbocycles. The van der Waals surface area contributed by atoms with Crippen LogP contribution in [0.15, 0.2) is 42.7 Å². The van der Waals surface area contributed by atoms with E-state index >= 15 is 0 Å². The second-order valence-corrected chi connectivity index (χ2v) is 5.13. The fourth-order valence-electron chi connectivity index (χ4n) is 2.47. The molecule has 0 radical (unpaired) electrons. The Morgan fingerprint density at radius 2 is 2.05 bits per heavy atom. The Bertz CT molecular complexity index is 617. The molecule has 2 aromatic rings. The normalized spacial score (nSPS) is 14.3. The van der Waals surface area contributed by atoms with Gasteiger partial charge < -0.3 is 15.2 Å². The van der Waals surface area contributed by atoms with Crippen molar-refractivity contribution >= 4 is 17.4 Å². The Hall–Kier alpha value is -2.43. The van der Waals surface area contributed by atoms with Gasteiger partial charge in [0.05, 0.1) is 0 Å². The fourth-order valence-corrected chi connectivity index (χ4v) is 2.47. The minimum atomic E-state index is -0.0170. The summed E-state index contributed by atoms with van der Waals surface area (Å²) >= 11 is 0. The highest BCUT2D eigenvalue weighted by Gasteiger charge is 2.20. The van der Waals surface area contributed by atoms with Crippen LogP contribution in [0.2, 0.25) is 0 Å². The van der Waals surface area contributed by atoms with Crippen LogP contribution >= 0.6 is 0 Å². The van der Waals surface area contributed by atoms with Crippen LogP contribution in [-0.4, -0.2) is 23.7 Å². The van der Waals surface area contributed by atoms with E-state index in [-0.39, 0.29) is 6.03 Å². The lowest BCUT2D eigenvalue weighted by Gasteiger charge is -2.14. The zero-order valence-electron chi connectivity index (χ0n) is 12.2. The van der Waals surface area contributed by atoms with E-state index in [0.29, 0.717) is 6.54 Å². The maximum absolute atomic E-state index is 11.6. The molecule has 1 saturated heterocycles. The molecule has 1 aromatic heterocycles. The van der Waals surface area contributed by atoms with E-state index in [1.54, 1.807) is 4.90 Å². The van der Waals surface area contributed by atoms with Gasteiger partial charge in [0.2, 0.25) is 0 Å². The largest absolute Gasteiger partial charge is 0.381 e. The predicted octanol–water partition coefficient (Wildman–Crippen LogP) is 2.65. The molecule has 2 amide bonds. The molecule has 1 aliphatic heterocycles. The van der Waals surface area contributed by atoms with Crippen LogP contribution in [-0.2, 0) is 13.1 Å². The van der Waals surface area contributed by atoms with Crippen LogP contribution in [0.25, 0.3) is 0 Å². The van der Waals surface area contributed by atoms with Crippen molar-refractivity contribution in [2.24, 2.45) is 0 Å². The summed E-state index contributed by atoms with van der Waals surface area (Å²) < 4.78 is 2.16. The number of anilines is 2. The van der Waals surface area contributed by atoms with Gasteiger partial charge in [-0.05, 0) is 42.8 Å². The first-order valence-electron chi connectivity index (χ1n) is 7.30. The van der Waals surface area contributed by atoms with Gasteiger partial charge in [-0.25, -0.2) is 4.79 Å². The molecule has 2 N–H and O–H groups in total. The number of benzene rings is 1. The summed E-state index contributed by atoms with van der Waals surface area (Å²) in [5, 5.41) is 6.20. The maximum Gasteiger partial charge on any atom is 0.321 e. The van der Waals surface area contributed by atoms with Crippen LogP contribution in [0.3, 0.4) is 0 Å². The molecule has 2 heterocycles. The quantitative estimate of drug-likeness (QED) is 0.887. The van der Waals surface area contributed by atoms with Gasteiger partial charge in [0.15, 0.2) is 0 Å². The molecule has 0 spiro atoms. The molecule has 0 saturated carbocycles. The lowest BCUT2D eigenvalue weighted by atomic mass is 10.2. The molecule has 1 fully saturated rings. The number of amides is 2. The maximum atomic E-state index is 11.6. The Morgan fingerprint density at radius 3 is 2.67 bits per heavy atom. The zero-order chi connectivity index (χ0) is 14.7. The van der Waals surface area contributed by atoms with Gasteiger partial charge in [-0.1, -0.05) is 0 Å². The molecular formula is C16H20N4O. The molecule has 1 aromatic carbocycles. The standard InChI is InChI=1S/C16H20N4O/c1-2-19-9-7-13(12-19)11-18-14-3-5-15(6-4-14)20-10-8-17-16(20)21/h3-7,9,12,18H,2,8,10-11H2,1H3,(H,17,21). The minimum Gasteiger partial charge on any atom is -0.381 e. The Labute approximate surface area is 124 Å². The first-order chi connectivity index (χ1) is 10.3. The number of urea groups is 1. The number of aryl methyl sites for hydroxylation is 1. The first-order valence-corrected chi connectivity index (χ1v) is 7.30. The summed E-state index contributed by atoms with van der Waals surface area (Å²) in [7, 11) is 0. The Kier molecular flexibility index (Phi) is 3.81. The zero-order valence-corrected chi connectivity index (χ0v) is 12.2. The van der Waals surface area contributed by atoms with E-state index in [1.807, 2.05) is 24.3 Å². The summed E-state index contributed by atoms with van der Waals surface area (Å²) in [5.74, 6) is 0. The Morgan fingerprint density at radius 1 is 1.24 bits per heavy atom. The van der Waals surface area contributed by atoms with Crippen LogP contribution < -0.4 is 15.5 Å². The molecule has 110 valence electrons. The summed E-state index contributed by atoms with van der Waals surface area (Å²) in [6, 6.07) is 10.1. The molecule has 5 heteroatoms. The highest BCUT2D eigenvalue weighted by atomic mass is 16.2. The number of nitrogens with zero attached hydrogens (tertiary/aromatic N) is 2. The molecule has 5 nitrogen and oxygen atoms in total. The lowest BCUT2D eigenvalue weighted by molar-refractivity contribution is 0.252. The minimum absolute atomic E-state index is 0.0170. The van der Waals surface area contributed by atoms with Gasteiger partial charge in [-0.15, -0.1) is 0 Å². The monoisotopic (exact) mass is 284 g/mol. The highest BCUT2D eigenvalue weighted by molar-refractivity contribution is 5.94. The molecule has 1 aliphatic rings. The van der Waals surface area contributed by atoms with Crippen LogP contribution in [0, 0.1) is 0 Å². The SMILES string of the molecule is CCn1ccc(CNc2ccc(N3CCNC3=O)cc2)c1. The summed E-state index contributed by atoms with van der Waals surface area (Å²) in [5.41, 5.74) is 3.26. The lowest BCUT2D eigenvalue weighted by Crippen LogP contribution is -2.27. The average molecular weight is 284 g/mol. The van der Waals surface area contributed by atoms with Gasteiger partial charge in [-0.3, -0.25) is 4.90 Å². The molecule has 21 heavy (non-hydrogen) atoms. The van der Waals surface area contributed by atoms with Crippen molar-refractivity contribution in [3.8, 4) is 0 Å². The number of hydrogen-bond acceptors (Lipinski definition) is 2. The topological polar surface area (TPSA) is 49.3 Å². The summed E-state index contributed by atoms with van der Waals surface area (Å²) in [4.78, 5) is 13.4. The van der Waals surface area contributed by atoms with Crippen molar-refractivity contribution in [2.75, 3.05) is 23.3 Å². The first kappa shape index (κ1) is 13.5. The van der Waals surface area contributed by atoms with Gasteiger partial charge in [0.25, 0.3) is 0 Å². The van der Waals surface area contributed by atoms with Crippen LogP contribution in [0.5, 0.6) is 0 Å². The van der Waals surface area contributed by atoms with Gasteiger partial charge in [0.1, 0.15) is 0 Å². The summed E-state index contributed by atoms with van der Waals surface area (Å²) in [6.07, 6.45) is 4.24. The number of aromatic nitrogens is 1. The molecule has 0 bridgehead atoms. The van der Waals surface area contributed by atoms with E-state index in [2.05, 4.69) is 40.6 Å². The van der Waals surface area contributed by atoms with E-state index in [0.717, 1.165) is 31.0 Å². The van der Waals surface area contributed by atoms with Crippen molar-refractivity contribution < 1.29 is 4.79 Å². The smallest absolute Gasteiger partial charge is 0.321 e. The second kappa shape index (κ2) is 5.91. The van der Waals surface area contributed by atoms with E-state index in [9.17, 15) is 4.79 Å². The third kappa shape index (κ3) is 3.02. The predicted molar refractivity (Wildman–Crippen MR) is 84.6 cm³/mol. The van der Waals surface area contributed by atoms with Crippen molar-refractivity contribution in [1.82, 2.24) is 9.88 Å².